The third-order valence-corrected chi connectivity index (χ3v) is 4.16. The molecular weight excluding hydrogens is 344 g/mol. The predicted molar refractivity (Wildman–Crippen MR) is 95.4 cm³/mol. The maximum Gasteiger partial charge on any atom is 0.338 e. The van der Waals surface area contributed by atoms with Crippen LogP contribution in [-0.2, 0) is 9.53 Å². The van der Waals surface area contributed by atoms with Gasteiger partial charge in [0.05, 0.1) is 21.9 Å². The van der Waals surface area contributed by atoms with Crippen LogP contribution >= 0.6 is 11.8 Å². The zero-order chi connectivity index (χ0) is 18.8. The van der Waals surface area contributed by atoms with E-state index in [4.69, 9.17) is 11.2 Å². The molecule has 0 aromatic heterocycles. The maximum absolute atomic E-state index is 11.9. The fourth-order valence-corrected chi connectivity index (χ4v) is 2.98. The molecule has 1 N–H and O–H groups in total. The quantitative estimate of drug-likeness (QED) is 0.238. The van der Waals surface area contributed by atoms with Gasteiger partial charge in [-0.05, 0) is 30.2 Å². The molecule has 0 saturated heterocycles. The van der Waals surface area contributed by atoms with Gasteiger partial charge < -0.3 is 10.1 Å². The van der Waals surface area contributed by atoms with Gasteiger partial charge in [-0.15, -0.1) is 18.2 Å². The Morgan fingerprint density at radius 3 is 2.76 bits per heavy atom. The standard InChI is InChI=1S/C17H20N2O5S/c1-4-8-18-16(20)11-24-17(21)13-5-6-15(14(10-13)19(22)23)25-9-7-12(2)3/h1,5-6,10,12H,7-9,11H2,2-3H3,(H,18,20). The molecule has 0 aliphatic rings. The highest BCUT2D eigenvalue weighted by atomic mass is 32.2. The van der Waals surface area contributed by atoms with Crippen molar-refractivity contribution in [2.24, 2.45) is 5.92 Å². The molecule has 1 aromatic carbocycles. The Morgan fingerprint density at radius 1 is 1.44 bits per heavy atom. The van der Waals surface area contributed by atoms with E-state index in [-0.39, 0.29) is 17.8 Å². The molecule has 25 heavy (non-hydrogen) atoms. The van der Waals surface area contributed by atoms with Gasteiger partial charge in [0.15, 0.2) is 6.61 Å². The molecule has 134 valence electrons. The van der Waals surface area contributed by atoms with Crippen molar-refractivity contribution < 1.29 is 19.2 Å². The third kappa shape index (κ3) is 7.27. The minimum absolute atomic E-state index is 0.0182. The number of nitro benzene ring substituents is 1. The van der Waals surface area contributed by atoms with Gasteiger partial charge in [0.2, 0.25) is 0 Å². The average Bonchev–Trinajstić information content (AvgIpc) is 2.57. The number of amides is 1. The molecule has 1 amide bonds. The monoisotopic (exact) mass is 364 g/mol. The van der Waals surface area contributed by atoms with Crippen LogP contribution in [0.3, 0.4) is 0 Å². The van der Waals surface area contributed by atoms with Gasteiger partial charge in [-0.2, -0.15) is 0 Å². The molecular formula is C17H20N2O5S. The zero-order valence-corrected chi connectivity index (χ0v) is 14.9. The summed E-state index contributed by atoms with van der Waals surface area (Å²) in [5, 5.41) is 13.6. The Bertz CT molecular complexity index is 682. The number of carbonyl (C=O) groups excluding carboxylic acids is 2. The number of esters is 1. The van der Waals surface area contributed by atoms with Crippen LogP contribution in [0.4, 0.5) is 5.69 Å². The van der Waals surface area contributed by atoms with Crippen LogP contribution < -0.4 is 5.32 Å². The summed E-state index contributed by atoms with van der Waals surface area (Å²) in [4.78, 5) is 34.5. The Kier molecular flexibility index (Phi) is 8.50. The molecule has 1 aromatic rings. The minimum Gasteiger partial charge on any atom is -0.452 e. The molecule has 0 aliphatic carbocycles. The van der Waals surface area contributed by atoms with Gasteiger partial charge in [0.25, 0.3) is 11.6 Å². The van der Waals surface area contributed by atoms with Crippen LogP contribution in [0.1, 0.15) is 30.6 Å². The molecule has 0 bridgehead atoms. The average molecular weight is 364 g/mol. The maximum atomic E-state index is 11.9. The number of rotatable bonds is 9. The van der Waals surface area contributed by atoms with E-state index < -0.39 is 23.4 Å². The fraction of sp³-hybridized carbons (Fsp3) is 0.412. The van der Waals surface area contributed by atoms with Gasteiger partial charge in [-0.25, -0.2) is 4.79 Å². The van der Waals surface area contributed by atoms with Crippen molar-refractivity contribution in [3.8, 4) is 12.3 Å². The second-order valence-electron chi connectivity index (χ2n) is 5.53. The molecule has 0 spiro atoms. The predicted octanol–water partition coefficient (Wildman–Crippen LogP) is 2.64. The number of hydrogen-bond acceptors (Lipinski definition) is 6. The third-order valence-electron chi connectivity index (χ3n) is 3.07. The smallest absolute Gasteiger partial charge is 0.338 e. The van der Waals surface area contributed by atoms with Crippen molar-refractivity contribution in [2.45, 2.75) is 25.2 Å². The fourth-order valence-electron chi connectivity index (χ4n) is 1.73. The lowest BCUT2D eigenvalue weighted by Crippen LogP contribution is -2.29. The van der Waals surface area contributed by atoms with Gasteiger partial charge in [-0.3, -0.25) is 14.9 Å². The van der Waals surface area contributed by atoms with Crippen molar-refractivity contribution in [3.05, 3.63) is 33.9 Å². The summed E-state index contributed by atoms with van der Waals surface area (Å²) >= 11 is 1.37. The van der Waals surface area contributed by atoms with Crippen molar-refractivity contribution in [1.82, 2.24) is 5.32 Å². The Labute approximate surface area is 150 Å². The Morgan fingerprint density at radius 2 is 2.16 bits per heavy atom. The van der Waals surface area contributed by atoms with E-state index in [1.165, 1.54) is 30.0 Å². The van der Waals surface area contributed by atoms with Gasteiger partial charge in [0.1, 0.15) is 0 Å². The van der Waals surface area contributed by atoms with E-state index >= 15 is 0 Å². The molecule has 8 heteroatoms. The van der Waals surface area contributed by atoms with Crippen LogP contribution in [0.15, 0.2) is 23.1 Å². The summed E-state index contributed by atoms with van der Waals surface area (Å²) in [5.41, 5.74) is -0.135. The summed E-state index contributed by atoms with van der Waals surface area (Å²) in [6.45, 7) is 3.69. The molecule has 0 atom stereocenters. The SMILES string of the molecule is C#CCNC(=O)COC(=O)c1ccc(SCCC(C)C)c([N+](=O)[O-])c1. The number of terminal acetylenes is 1. The van der Waals surface area contributed by atoms with Crippen LogP contribution in [0, 0.1) is 28.4 Å². The van der Waals surface area contributed by atoms with E-state index in [0.717, 1.165) is 12.2 Å². The van der Waals surface area contributed by atoms with Crippen molar-refractivity contribution in [2.75, 3.05) is 18.9 Å². The highest BCUT2D eigenvalue weighted by Gasteiger charge is 2.19. The highest BCUT2D eigenvalue weighted by molar-refractivity contribution is 7.99. The lowest BCUT2D eigenvalue weighted by Gasteiger charge is -2.08. The Hall–Kier alpha value is -2.53. The van der Waals surface area contributed by atoms with Crippen molar-refractivity contribution in [3.63, 3.8) is 0 Å². The summed E-state index contributed by atoms with van der Waals surface area (Å²) < 4.78 is 4.83. The number of nitro groups is 1. The molecule has 0 aliphatic heterocycles. The highest BCUT2D eigenvalue weighted by Crippen LogP contribution is 2.31. The largest absolute Gasteiger partial charge is 0.452 e. The first-order valence-corrected chi connectivity index (χ1v) is 8.62. The number of carbonyl (C=O) groups is 2. The second-order valence-corrected chi connectivity index (χ2v) is 6.66. The first-order chi connectivity index (χ1) is 11.8. The number of nitrogens with zero attached hydrogens (tertiary/aromatic N) is 1. The lowest BCUT2D eigenvalue weighted by molar-refractivity contribution is -0.387. The van der Waals surface area contributed by atoms with E-state index in [0.29, 0.717) is 10.8 Å². The summed E-state index contributed by atoms with van der Waals surface area (Å²) in [5.74, 6) is 2.12. The van der Waals surface area contributed by atoms with E-state index in [9.17, 15) is 19.7 Å². The number of hydrogen-bond donors (Lipinski definition) is 1. The zero-order valence-electron chi connectivity index (χ0n) is 14.1. The number of ether oxygens (including phenoxy) is 1. The number of nitrogens with one attached hydrogen (secondary N) is 1. The topological polar surface area (TPSA) is 98.5 Å². The first-order valence-electron chi connectivity index (χ1n) is 7.63. The Balaban J connectivity index is 2.76. The molecule has 0 heterocycles. The minimum atomic E-state index is -0.808. The molecule has 1 rings (SSSR count). The van der Waals surface area contributed by atoms with E-state index in [2.05, 4.69) is 25.1 Å². The first kappa shape index (κ1) is 20.5. The van der Waals surface area contributed by atoms with Crippen LogP contribution in [0.5, 0.6) is 0 Å². The summed E-state index contributed by atoms with van der Waals surface area (Å²) in [6.07, 6.45) is 5.92. The summed E-state index contributed by atoms with van der Waals surface area (Å²) in [7, 11) is 0. The normalized spacial score (nSPS) is 10.2. The van der Waals surface area contributed by atoms with E-state index in [1.54, 1.807) is 0 Å². The van der Waals surface area contributed by atoms with Crippen molar-refractivity contribution >= 4 is 29.3 Å². The molecule has 7 nitrogen and oxygen atoms in total. The number of thioether (sulfide) groups is 1. The molecule has 0 saturated carbocycles. The molecule has 0 unspecified atom stereocenters. The summed E-state index contributed by atoms with van der Waals surface area (Å²) in [6, 6.07) is 4.14. The van der Waals surface area contributed by atoms with Crippen LogP contribution in [0.2, 0.25) is 0 Å². The second kappa shape index (κ2) is 10.4. The van der Waals surface area contributed by atoms with Crippen LogP contribution in [0.25, 0.3) is 0 Å². The molecule has 0 fully saturated rings. The van der Waals surface area contributed by atoms with E-state index in [1.807, 2.05) is 0 Å². The van der Waals surface area contributed by atoms with Crippen LogP contribution in [-0.4, -0.2) is 35.7 Å². The van der Waals surface area contributed by atoms with Crippen molar-refractivity contribution in [1.29, 1.82) is 0 Å². The molecule has 0 radical (unpaired) electrons. The lowest BCUT2D eigenvalue weighted by atomic mass is 10.2. The van der Waals surface area contributed by atoms with Gasteiger partial charge in [0, 0.05) is 6.07 Å². The van der Waals surface area contributed by atoms with Gasteiger partial charge in [-0.1, -0.05) is 19.8 Å². The number of benzene rings is 1. The van der Waals surface area contributed by atoms with Gasteiger partial charge >= 0.3 is 5.97 Å².